The lowest BCUT2D eigenvalue weighted by Gasteiger charge is -2.16. The largest absolute Gasteiger partial charge is 0.478 e. The number of ether oxygens (including phenoxy) is 1. The van der Waals surface area contributed by atoms with Gasteiger partial charge in [0.1, 0.15) is 24.1 Å². The second kappa shape index (κ2) is 7.78. The molecule has 0 bridgehead atoms. The van der Waals surface area contributed by atoms with E-state index in [9.17, 15) is 19.8 Å². The number of hydrogen-bond donors (Lipinski definition) is 4. The summed E-state index contributed by atoms with van der Waals surface area (Å²) < 4.78 is 7.26. The van der Waals surface area contributed by atoms with Crippen LogP contribution in [0.2, 0.25) is 0 Å². The molecule has 0 saturated carbocycles. The highest BCUT2D eigenvalue weighted by molar-refractivity contribution is 5.98. The second-order valence-corrected chi connectivity index (χ2v) is 6.98. The molecule has 2 aromatic heterocycles. The van der Waals surface area contributed by atoms with Crippen molar-refractivity contribution in [1.82, 2.24) is 19.5 Å². The van der Waals surface area contributed by atoms with E-state index in [1.165, 1.54) is 41.5 Å². The number of rotatable bonds is 6. The molecule has 3 heterocycles. The number of anilines is 1. The number of fused-ring (bicyclic) bond motifs is 1. The van der Waals surface area contributed by atoms with E-state index in [0.29, 0.717) is 11.2 Å². The summed E-state index contributed by atoms with van der Waals surface area (Å²) in [5.41, 5.74) is 6.74. The highest BCUT2D eigenvalue weighted by Gasteiger charge is 2.44. The Hall–Kier alpha value is -3.41. The van der Waals surface area contributed by atoms with Crippen molar-refractivity contribution in [2.24, 2.45) is 0 Å². The van der Waals surface area contributed by atoms with Gasteiger partial charge in [-0.15, -0.1) is 0 Å². The normalized spacial score (nSPS) is 23.7. The predicted octanol–water partition coefficient (Wildman–Crippen LogP) is 0.389. The Morgan fingerprint density at radius 1 is 1.13 bits per heavy atom. The maximum atomic E-state index is 12.4. The van der Waals surface area contributed by atoms with Gasteiger partial charge in [-0.2, -0.15) is 0 Å². The van der Waals surface area contributed by atoms with E-state index in [1.807, 2.05) is 0 Å². The minimum Gasteiger partial charge on any atom is -0.478 e. The van der Waals surface area contributed by atoms with E-state index in [1.54, 1.807) is 0 Å². The molecule has 4 unspecified atom stereocenters. The van der Waals surface area contributed by atoms with Crippen LogP contribution in [0.5, 0.6) is 0 Å². The van der Waals surface area contributed by atoms with Crippen LogP contribution in [0.1, 0.15) is 39.8 Å². The maximum absolute atomic E-state index is 12.4. The molecule has 1 aromatic carbocycles. The highest BCUT2D eigenvalue weighted by Crippen LogP contribution is 2.33. The number of carboxylic acids is 1. The van der Waals surface area contributed by atoms with Crippen LogP contribution in [-0.2, 0) is 4.74 Å². The van der Waals surface area contributed by atoms with Crippen molar-refractivity contribution in [2.75, 3.05) is 5.73 Å². The standard InChI is InChI=1S/C19H19N5O6/c20-16-13-17(22-7-21-16)24(8-23-13)18-15(27)14(26)12(30-18)5-4-11(25)9-2-1-3-10(6-9)19(28)29/h1-3,6-8,12,14-15,18,26-27H,4-5H2,(H,28,29)(H2,20,21,22). The van der Waals surface area contributed by atoms with Gasteiger partial charge < -0.3 is 25.8 Å². The lowest BCUT2D eigenvalue weighted by molar-refractivity contribution is -0.0368. The smallest absolute Gasteiger partial charge is 0.335 e. The number of carboxylic acid groups (broad SMARTS) is 1. The summed E-state index contributed by atoms with van der Waals surface area (Å²) in [7, 11) is 0. The molecule has 30 heavy (non-hydrogen) atoms. The van der Waals surface area contributed by atoms with Gasteiger partial charge in [0.2, 0.25) is 0 Å². The second-order valence-electron chi connectivity index (χ2n) is 6.98. The number of nitrogens with two attached hydrogens (primary N) is 1. The number of carbonyl (C=O) groups is 2. The summed E-state index contributed by atoms with van der Waals surface area (Å²) in [6, 6.07) is 5.72. The van der Waals surface area contributed by atoms with Crippen molar-refractivity contribution in [1.29, 1.82) is 0 Å². The van der Waals surface area contributed by atoms with Crippen LogP contribution < -0.4 is 5.73 Å². The summed E-state index contributed by atoms with van der Waals surface area (Å²) >= 11 is 0. The average Bonchev–Trinajstić information content (AvgIpc) is 3.29. The van der Waals surface area contributed by atoms with Gasteiger partial charge in [0.15, 0.2) is 23.5 Å². The maximum Gasteiger partial charge on any atom is 0.335 e. The van der Waals surface area contributed by atoms with Gasteiger partial charge >= 0.3 is 5.97 Å². The number of carbonyl (C=O) groups excluding carboxylic acids is 1. The Morgan fingerprint density at radius 3 is 2.67 bits per heavy atom. The first-order valence-electron chi connectivity index (χ1n) is 9.18. The van der Waals surface area contributed by atoms with Crippen LogP contribution in [0, 0.1) is 0 Å². The highest BCUT2D eigenvalue weighted by atomic mass is 16.6. The molecular weight excluding hydrogens is 394 g/mol. The van der Waals surface area contributed by atoms with E-state index >= 15 is 0 Å². The molecule has 4 atom stereocenters. The van der Waals surface area contributed by atoms with Crippen LogP contribution in [0.15, 0.2) is 36.9 Å². The first kappa shape index (κ1) is 19.9. The lowest BCUT2D eigenvalue weighted by Crippen LogP contribution is -2.31. The number of aliphatic hydroxyl groups excluding tert-OH is 2. The third-order valence-electron chi connectivity index (χ3n) is 5.09. The van der Waals surface area contributed by atoms with Crippen molar-refractivity contribution < 1.29 is 29.6 Å². The Labute approximate surface area is 169 Å². The van der Waals surface area contributed by atoms with Crippen LogP contribution >= 0.6 is 0 Å². The third kappa shape index (κ3) is 3.49. The summed E-state index contributed by atoms with van der Waals surface area (Å²) in [6.07, 6.45) is -1.49. The molecule has 0 aliphatic carbocycles. The van der Waals surface area contributed by atoms with Crippen LogP contribution in [0.4, 0.5) is 5.82 Å². The lowest BCUT2D eigenvalue weighted by atomic mass is 10.00. The molecule has 0 amide bonds. The zero-order chi connectivity index (χ0) is 21.4. The zero-order valence-electron chi connectivity index (χ0n) is 15.6. The number of Topliss-reactive ketones (excluding diaryl/α,β-unsaturated/α-hetero) is 1. The van der Waals surface area contributed by atoms with Gasteiger partial charge in [0.25, 0.3) is 0 Å². The zero-order valence-corrected chi connectivity index (χ0v) is 15.6. The van der Waals surface area contributed by atoms with Crippen molar-refractivity contribution in [2.45, 2.75) is 37.4 Å². The molecule has 5 N–H and O–H groups in total. The van der Waals surface area contributed by atoms with E-state index in [0.717, 1.165) is 0 Å². The quantitative estimate of drug-likeness (QED) is 0.414. The molecule has 1 fully saturated rings. The summed E-state index contributed by atoms with van der Waals surface area (Å²) in [5, 5.41) is 29.9. The number of imidazole rings is 1. The minimum atomic E-state index is -1.27. The van der Waals surface area contributed by atoms with Gasteiger partial charge in [0, 0.05) is 12.0 Å². The number of hydrogen-bond acceptors (Lipinski definition) is 9. The molecule has 1 aliphatic heterocycles. The molecule has 11 heteroatoms. The summed E-state index contributed by atoms with van der Waals surface area (Å²) in [4.78, 5) is 35.6. The Morgan fingerprint density at radius 2 is 1.90 bits per heavy atom. The van der Waals surface area contributed by atoms with Crippen molar-refractivity contribution in [3.05, 3.63) is 48.0 Å². The molecule has 1 saturated heterocycles. The number of aromatic nitrogens is 4. The molecule has 1 aliphatic rings. The Balaban J connectivity index is 1.47. The number of ketones is 1. The van der Waals surface area contributed by atoms with Crippen LogP contribution in [-0.4, -0.2) is 64.9 Å². The van der Waals surface area contributed by atoms with Gasteiger partial charge in [-0.25, -0.2) is 19.7 Å². The van der Waals surface area contributed by atoms with Crippen molar-refractivity contribution in [3.8, 4) is 0 Å². The predicted molar refractivity (Wildman–Crippen MR) is 103 cm³/mol. The van der Waals surface area contributed by atoms with E-state index in [-0.39, 0.29) is 35.6 Å². The van der Waals surface area contributed by atoms with E-state index in [4.69, 9.17) is 15.6 Å². The third-order valence-corrected chi connectivity index (χ3v) is 5.09. The fraction of sp³-hybridized carbons (Fsp3) is 0.316. The van der Waals surface area contributed by atoms with Crippen LogP contribution in [0.3, 0.4) is 0 Å². The molecular formula is C19H19N5O6. The summed E-state index contributed by atoms with van der Waals surface area (Å²) in [5.74, 6) is -1.24. The van der Waals surface area contributed by atoms with Crippen LogP contribution in [0.25, 0.3) is 11.2 Å². The fourth-order valence-corrected chi connectivity index (χ4v) is 3.50. The van der Waals surface area contributed by atoms with E-state index in [2.05, 4.69) is 15.0 Å². The molecule has 4 rings (SSSR count). The number of benzene rings is 1. The number of aromatic carboxylic acids is 1. The van der Waals surface area contributed by atoms with E-state index < -0.39 is 30.5 Å². The molecule has 0 spiro atoms. The summed E-state index contributed by atoms with van der Waals surface area (Å²) in [6.45, 7) is 0. The Bertz CT molecular complexity index is 1120. The topological polar surface area (TPSA) is 174 Å². The van der Waals surface area contributed by atoms with Gasteiger partial charge in [0.05, 0.1) is 18.0 Å². The number of nitrogens with zero attached hydrogens (tertiary/aromatic N) is 4. The SMILES string of the molecule is Nc1ncnc2c1ncn2C1OC(CCC(=O)c2cccc(C(=O)O)c2)C(O)C1O. The molecule has 156 valence electrons. The molecule has 3 aromatic rings. The Kier molecular flexibility index (Phi) is 5.16. The molecule has 11 nitrogen and oxygen atoms in total. The first-order chi connectivity index (χ1) is 14.4. The van der Waals surface area contributed by atoms with Gasteiger partial charge in [-0.1, -0.05) is 12.1 Å². The van der Waals surface area contributed by atoms with Gasteiger partial charge in [-0.05, 0) is 18.6 Å². The monoisotopic (exact) mass is 413 g/mol. The van der Waals surface area contributed by atoms with Crippen molar-refractivity contribution >= 4 is 28.7 Å². The molecule has 0 radical (unpaired) electrons. The van der Waals surface area contributed by atoms with Gasteiger partial charge in [-0.3, -0.25) is 9.36 Å². The number of nitrogen functional groups attached to an aromatic ring is 1. The van der Waals surface area contributed by atoms with Crippen molar-refractivity contribution in [3.63, 3.8) is 0 Å². The average molecular weight is 413 g/mol. The number of aliphatic hydroxyl groups is 2. The minimum absolute atomic E-state index is 0.00400. The fourth-order valence-electron chi connectivity index (χ4n) is 3.50. The first-order valence-corrected chi connectivity index (χ1v) is 9.18.